The Morgan fingerprint density at radius 3 is 3.12 bits per heavy atom. The summed E-state index contributed by atoms with van der Waals surface area (Å²) in [5.41, 5.74) is 0. The van der Waals surface area contributed by atoms with Crippen molar-refractivity contribution in [3.05, 3.63) is 16.6 Å². The zero-order valence-electron chi connectivity index (χ0n) is 9.30. The molecule has 0 radical (unpaired) electrons. The maximum absolute atomic E-state index is 11.2. The number of thiazole rings is 1. The van der Waals surface area contributed by atoms with Crippen molar-refractivity contribution in [2.75, 3.05) is 6.54 Å². The van der Waals surface area contributed by atoms with E-state index in [1.165, 1.54) is 0 Å². The van der Waals surface area contributed by atoms with Gasteiger partial charge in [0.05, 0.1) is 6.04 Å². The first-order chi connectivity index (χ1) is 7.70. The summed E-state index contributed by atoms with van der Waals surface area (Å²) >= 11 is 1.59. The van der Waals surface area contributed by atoms with E-state index in [4.69, 9.17) is 0 Å². The highest BCUT2D eigenvalue weighted by molar-refractivity contribution is 7.09. The molecule has 1 N–H and O–H groups in total. The van der Waals surface area contributed by atoms with Crippen LogP contribution < -0.4 is 0 Å². The number of carboxylic acids is 1. The van der Waals surface area contributed by atoms with E-state index >= 15 is 0 Å². The maximum atomic E-state index is 11.2. The molecule has 1 aliphatic rings. The summed E-state index contributed by atoms with van der Waals surface area (Å²) in [7, 11) is 0. The van der Waals surface area contributed by atoms with Gasteiger partial charge in [-0.1, -0.05) is 6.42 Å². The number of aliphatic carboxylic acids is 1. The van der Waals surface area contributed by atoms with E-state index in [1.807, 2.05) is 12.3 Å². The normalized spacial score (nSPS) is 24.2. The van der Waals surface area contributed by atoms with Gasteiger partial charge < -0.3 is 5.11 Å². The number of likely N-dealkylation sites (tertiary alicyclic amines) is 1. The molecule has 0 saturated carbocycles. The molecular weight excluding hydrogens is 224 g/mol. The molecule has 0 bridgehead atoms. The van der Waals surface area contributed by atoms with Gasteiger partial charge in [-0.15, -0.1) is 11.3 Å². The molecule has 1 fully saturated rings. The van der Waals surface area contributed by atoms with Crippen molar-refractivity contribution in [3.63, 3.8) is 0 Å². The van der Waals surface area contributed by atoms with Crippen molar-refractivity contribution >= 4 is 17.3 Å². The summed E-state index contributed by atoms with van der Waals surface area (Å²) in [5.74, 6) is -0.705. The van der Waals surface area contributed by atoms with Crippen LogP contribution in [-0.2, 0) is 4.79 Å². The summed E-state index contributed by atoms with van der Waals surface area (Å²) < 4.78 is 0. The summed E-state index contributed by atoms with van der Waals surface area (Å²) in [6.07, 6.45) is 4.62. The summed E-state index contributed by atoms with van der Waals surface area (Å²) in [4.78, 5) is 17.5. The van der Waals surface area contributed by atoms with Gasteiger partial charge in [-0.2, -0.15) is 0 Å². The van der Waals surface area contributed by atoms with Crippen LogP contribution in [0.3, 0.4) is 0 Å². The maximum Gasteiger partial charge on any atom is 0.320 e. The van der Waals surface area contributed by atoms with Crippen LogP contribution in [0.4, 0.5) is 0 Å². The SMILES string of the molecule is C[C@H](c1nccs1)N1CCCC[C@H]1C(=O)O. The van der Waals surface area contributed by atoms with Crippen molar-refractivity contribution in [2.24, 2.45) is 0 Å². The molecule has 0 aliphatic carbocycles. The zero-order chi connectivity index (χ0) is 11.5. The van der Waals surface area contributed by atoms with Gasteiger partial charge in [0.2, 0.25) is 0 Å². The Bertz CT molecular complexity index is 353. The molecular formula is C11H16N2O2S. The third-order valence-electron chi connectivity index (χ3n) is 3.14. The van der Waals surface area contributed by atoms with E-state index in [2.05, 4.69) is 9.88 Å². The lowest BCUT2D eigenvalue weighted by Gasteiger charge is -2.36. The first-order valence-corrected chi connectivity index (χ1v) is 6.46. The van der Waals surface area contributed by atoms with Crippen LogP contribution in [0, 0.1) is 0 Å². The lowest BCUT2D eigenvalue weighted by atomic mass is 10.0. The van der Waals surface area contributed by atoms with E-state index in [0.29, 0.717) is 0 Å². The molecule has 0 unspecified atom stereocenters. The molecule has 5 heteroatoms. The Labute approximate surface area is 98.9 Å². The molecule has 2 heterocycles. The Kier molecular flexibility index (Phi) is 3.56. The number of rotatable bonds is 3. The number of piperidine rings is 1. The molecule has 0 aromatic carbocycles. The Morgan fingerprint density at radius 2 is 2.50 bits per heavy atom. The summed E-state index contributed by atoms with van der Waals surface area (Å²) in [6, 6.07) is -0.228. The molecule has 88 valence electrons. The van der Waals surface area contributed by atoms with Crippen LogP contribution in [0.2, 0.25) is 0 Å². The predicted octanol–water partition coefficient (Wildman–Crippen LogP) is 2.14. The Hall–Kier alpha value is -0.940. The second kappa shape index (κ2) is 4.93. The van der Waals surface area contributed by atoms with Crippen molar-refractivity contribution < 1.29 is 9.90 Å². The second-order valence-corrected chi connectivity index (χ2v) is 5.06. The molecule has 2 atom stereocenters. The molecule has 16 heavy (non-hydrogen) atoms. The first kappa shape index (κ1) is 11.5. The van der Waals surface area contributed by atoms with Gasteiger partial charge in [0.15, 0.2) is 0 Å². The van der Waals surface area contributed by atoms with Crippen LogP contribution in [-0.4, -0.2) is 33.5 Å². The van der Waals surface area contributed by atoms with Crippen LogP contribution in [0.1, 0.15) is 37.2 Å². The van der Waals surface area contributed by atoms with E-state index < -0.39 is 5.97 Å². The predicted molar refractivity (Wildman–Crippen MR) is 62.5 cm³/mol. The Balaban J connectivity index is 2.14. The number of carbonyl (C=O) groups is 1. The lowest BCUT2D eigenvalue weighted by Crippen LogP contribution is -2.45. The zero-order valence-corrected chi connectivity index (χ0v) is 10.1. The summed E-state index contributed by atoms with van der Waals surface area (Å²) in [6.45, 7) is 2.90. The number of aromatic nitrogens is 1. The number of nitrogens with zero attached hydrogens (tertiary/aromatic N) is 2. The van der Waals surface area contributed by atoms with Gasteiger partial charge in [-0.25, -0.2) is 4.98 Å². The van der Waals surface area contributed by atoms with Crippen molar-refractivity contribution in [1.29, 1.82) is 0 Å². The van der Waals surface area contributed by atoms with E-state index in [-0.39, 0.29) is 12.1 Å². The molecule has 4 nitrogen and oxygen atoms in total. The van der Waals surface area contributed by atoms with Crippen LogP contribution >= 0.6 is 11.3 Å². The van der Waals surface area contributed by atoms with Gasteiger partial charge in [0.1, 0.15) is 11.0 Å². The first-order valence-electron chi connectivity index (χ1n) is 5.58. The fraction of sp³-hybridized carbons (Fsp3) is 0.636. The highest BCUT2D eigenvalue weighted by Crippen LogP contribution is 2.29. The van der Waals surface area contributed by atoms with Gasteiger partial charge in [0, 0.05) is 11.6 Å². The minimum absolute atomic E-state index is 0.112. The average Bonchev–Trinajstić information content (AvgIpc) is 2.81. The van der Waals surface area contributed by atoms with Gasteiger partial charge in [-0.3, -0.25) is 9.69 Å². The molecule has 2 rings (SSSR count). The molecule has 1 aromatic rings. The van der Waals surface area contributed by atoms with Crippen molar-refractivity contribution in [2.45, 2.75) is 38.3 Å². The molecule has 0 amide bonds. The number of hydrogen-bond donors (Lipinski definition) is 1. The fourth-order valence-electron chi connectivity index (χ4n) is 2.27. The van der Waals surface area contributed by atoms with Gasteiger partial charge in [-0.05, 0) is 26.3 Å². The highest BCUT2D eigenvalue weighted by Gasteiger charge is 2.32. The molecule has 1 aromatic heterocycles. The molecule has 1 aliphatic heterocycles. The topological polar surface area (TPSA) is 53.4 Å². The minimum Gasteiger partial charge on any atom is -0.480 e. The standard InChI is InChI=1S/C11H16N2O2S/c1-8(10-12-5-7-16-10)13-6-3-2-4-9(13)11(14)15/h5,7-9H,2-4,6H2,1H3,(H,14,15)/t8-,9+/m1/s1. The third kappa shape index (κ3) is 2.25. The van der Waals surface area contributed by atoms with Crippen molar-refractivity contribution in [1.82, 2.24) is 9.88 Å². The quantitative estimate of drug-likeness (QED) is 0.879. The minimum atomic E-state index is -0.705. The lowest BCUT2D eigenvalue weighted by molar-refractivity contribution is -0.145. The van der Waals surface area contributed by atoms with Gasteiger partial charge >= 0.3 is 5.97 Å². The largest absolute Gasteiger partial charge is 0.480 e. The van der Waals surface area contributed by atoms with E-state index in [1.54, 1.807) is 17.5 Å². The van der Waals surface area contributed by atoms with Crippen LogP contribution in [0.5, 0.6) is 0 Å². The van der Waals surface area contributed by atoms with Gasteiger partial charge in [0.25, 0.3) is 0 Å². The molecule has 0 spiro atoms. The van der Waals surface area contributed by atoms with Crippen LogP contribution in [0.15, 0.2) is 11.6 Å². The van der Waals surface area contributed by atoms with E-state index in [9.17, 15) is 9.90 Å². The smallest absolute Gasteiger partial charge is 0.320 e. The fourth-order valence-corrected chi connectivity index (χ4v) is 2.98. The molecule has 1 saturated heterocycles. The summed E-state index contributed by atoms with van der Waals surface area (Å²) in [5, 5.41) is 12.1. The highest BCUT2D eigenvalue weighted by atomic mass is 32.1. The van der Waals surface area contributed by atoms with E-state index in [0.717, 1.165) is 30.8 Å². The number of carboxylic acid groups (broad SMARTS) is 1. The monoisotopic (exact) mass is 240 g/mol. The second-order valence-electron chi connectivity index (χ2n) is 4.13. The third-order valence-corrected chi connectivity index (χ3v) is 4.08. The van der Waals surface area contributed by atoms with Crippen LogP contribution in [0.25, 0.3) is 0 Å². The number of hydrogen-bond acceptors (Lipinski definition) is 4. The average molecular weight is 240 g/mol. The Morgan fingerprint density at radius 1 is 1.69 bits per heavy atom. The van der Waals surface area contributed by atoms with Crippen molar-refractivity contribution in [3.8, 4) is 0 Å².